The Bertz CT molecular complexity index is 872. The van der Waals surface area contributed by atoms with Gasteiger partial charge in [0, 0.05) is 28.6 Å². The molecule has 1 amide bonds. The van der Waals surface area contributed by atoms with Gasteiger partial charge in [-0.15, -0.1) is 0 Å². The standard InChI is InChI=1S/C17H16ClF4N3O2/c1-8-5-12(24-14(8)27-7-17(21,22)16(19)20)9(2)25-6-11-10(15(25)26)3-4-23-13(11)18/h3-5,9,16,24H,6-7H2,1-2H3. The van der Waals surface area contributed by atoms with Crippen LogP contribution < -0.4 is 4.74 Å². The molecule has 0 saturated carbocycles. The lowest BCUT2D eigenvalue weighted by atomic mass is 10.2. The van der Waals surface area contributed by atoms with Gasteiger partial charge in [-0.25, -0.2) is 13.8 Å². The van der Waals surface area contributed by atoms with E-state index in [2.05, 4.69) is 9.97 Å². The second-order valence-electron chi connectivity index (χ2n) is 6.32. The minimum Gasteiger partial charge on any atom is -0.472 e. The van der Waals surface area contributed by atoms with Gasteiger partial charge in [-0.1, -0.05) is 11.6 Å². The first-order valence-electron chi connectivity index (χ1n) is 8.04. The monoisotopic (exact) mass is 405 g/mol. The zero-order chi connectivity index (χ0) is 19.9. The van der Waals surface area contributed by atoms with E-state index in [9.17, 15) is 22.4 Å². The molecule has 1 aliphatic rings. The van der Waals surface area contributed by atoms with E-state index in [0.717, 1.165) is 0 Å². The summed E-state index contributed by atoms with van der Waals surface area (Å²) in [6.45, 7) is 2.13. The van der Waals surface area contributed by atoms with Crippen molar-refractivity contribution in [3.05, 3.63) is 45.9 Å². The molecule has 1 N–H and O–H groups in total. The lowest BCUT2D eigenvalue weighted by Crippen LogP contribution is -2.34. The Morgan fingerprint density at radius 1 is 1.44 bits per heavy atom. The number of carbonyl (C=O) groups excluding carboxylic acids is 1. The fourth-order valence-electron chi connectivity index (χ4n) is 2.87. The number of hydrogen-bond donors (Lipinski definition) is 1. The van der Waals surface area contributed by atoms with Gasteiger partial charge in [0.1, 0.15) is 5.15 Å². The molecule has 0 bridgehead atoms. The largest absolute Gasteiger partial charge is 0.472 e. The van der Waals surface area contributed by atoms with Crippen LogP contribution in [-0.4, -0.2) is 39.7 Å². The van der Waals surface area contributed by atoms with Crippen molar-refractivity contribution < 1.29 is 27.1 Å². The highest BCUT2D eigenvalue weighted by Crippen LogP contribution is 2.35. The predicted molar refractivity (Wildman–Crippen MR) is 89.5 cm³/mol. The summed E-state index contributed by atoms with van der Waals surface area (Å²) in [6.07, 6.45) is -2.37. The molecule has 0 aromatic carbocycles. The van der Waals surface area contributed by atoms with Crippen LogP contribution in [0.15, 0.2) is 18.3 Å². The Kier molecular flexibility index (Phi) is 5.07. The average molecular weight is 406 g/mol. The second kappa shape index (κ2) is 7.03. The Morgan fingerprint density at radius 3 is 2.78 bits per heavy atom. The summed E-state index contributed by atoms with van der Waals surface area (Å²) in [4.78, 5) is 20.9. The van der Waals surface area contributed by atoms with Crippen LogP contribution in [0.5, 0.6) is 5.88 Å². The van der Waals surface area contributed by atoms with Crippen molar-refractivity contribution in [2.45, 2.75) is 38.8 Å². The third kappa shape index (κ3) is 3.60. The molecule has 146 valence electrons. The third-order valence-electron chi connectivity index (χ3n) is 4.46. The summed E-state index contributed by atoms with van der Waals surface area (Å²) >= 11 is 6.04. The number of aromatic nitrogens is 2. The fourth-order valence-corrected chi connectivity index (χ4v) is 3.08. The van der Waals surface area contributed by atoms with Gasteiger partial charge in [0.2, 0.25) is 0 Å². The average Bonchev–Trinajstić information content (AvgIpc) is 3.14. The first-order valence-corrected chi connectivity index (χ1v) is 8.42. The minimum absolute atomic E-state index is 0.0407. The van der Waals surface area contributed by atoms with Crippen LogP contribution in [0.4, 0.5) is 17.6 Å². The molecule has 0 radical (unpaired) electrons. The Labute approximate surface area is 157 Å². The molecular weight excluding hydrogens is 390 g/mol. The summed E-state index contributed by atoms with van der Waals surface area (Å²) in [5.41, 5.74) is 2.06. The first kappa shape index (κ1) is 19.5. The molecule has 2 aromatic heterocycles. The van der Waals surface area contributed by atoms with Gasteiger partial charge in [0.25, 0.3) is 5.91 Å². The van der Waals surface area contributed by atoms with Crippen LogP contribution in [-0.2, 0) is 6.54 Å². The minimum atomic E-state index is -4.25. The number of rotatable bonds is 6. The Hall–Kier alpha value is -2.29. The number of aromatic amines is 1. The number of halogens is 5. The molecule has 0 spiro atoms. The number of amides is 1. The zero-order valence-corrected chi connectivity index (χ0v) is 15.2. The van der Waals surface area contributed by atoms with E-state index in [0.29, 0.717) is 22.4 Å². The molecular formula is C17H16ClF4N3O2. The lowest BCUT2D eigenvalue weighted by Gasteiger charge is -2.23. The maximum Gasteiger partial charge on any atom is 0.340 e. The van der Waals surface area contributed by atoms with Gasteiger partial charge in [-0.05, 0) is 26.0 Å². The van der Waals surface area contributed by atoms with Crippen molar-refractivity contribution in [1.29, 1.82) is 0 Å². The molecule has 0 aliphatic carbocycles. The SMILES string of the molecule is Cc1cc(C(C)N2Cc3c(ccnc3Cl)C2=O)[nH]c1OCC(F)(F)C(F)F. The maximum absolute atomic E-state index is 13.1. The van der Waals surface area contributed by atoms with Gasteiger partial charge in [0.15, 0.2) is 12.5 Å². The van der Waals surface area contributed by atoms with E-state index in [1.807, 2.05) is 0 Å². The van der Waals surface area contributed by atoms with Crippen molar-refractivity contribution in [2.75, 3.05) is 6.61 Å². The van der Waals surface area contributed by atoms with Crippen LogP contribution in [0.3, 0.4) is 0 Å². The van der Waals surface area contributed by atoms with E-state index in [1.54, 1.807) is 30.9 Å². The highest BCUT2D eigenvalue weighted by Gasteiger charge is 2.42. The number of fused-ring (bicyclic) bond motifs is 1. The predicted octanol–water partition coefficient (Wildman–Crippen LogP) is 4.37. The van der Waals surface area contributed by atoms with Crippen LogP contribution in [0.1, 0.15) is 40.1 Å². The maximum atomic E-state index is 13.1. The van der Waals surface area contributed by atoms with Crippen LogP contribution in [0.25, 0.3) is 0 Å². The topological polar surface area (TPSA) is 58.2 Å². The number of pyridine rings is 1. The summed E-state index contributed by atoms with van der Waals surface area (Å²) < 4.78 is 55.5. The number of nitrogens with zero attached hydrogens (tertiary/aromatic N) is 2. The quantitative estimate of drug-likeness (QED) is 0.573. The molecule has 5 nitrogen and oxygen atoms in total. The Morgan fingerprint density at radius 2 is 2.15 bits per heavy atom. The number of carbonyl (C=O) groups is 1. The van der Waals surface area contributed by atoms with Crippen LogP contribution >= 0.6 is 11.6 Å². The Balaban J connectivity index is 1.76. The van der Waals surface area contributed by atoms with Gasteiger partial charge >= 0.3 is 12.3 Å². The number of aryl methyl sites for hydroxylation is 1. The lowest BCUT2D eigenvalue weighted by molar-refractivity contribution is -0.148. The normalized spacial score (nSPS) is 15.4. The fraction of sp³-hybridized carbons (Fsp3) is 0.412. The molecule has 1 unspecified atom stereocenters. The molecule has 10 heteroatoms. The summed E-state index contributed by atoms with van der Waals surface area (Å²) in [7, 11) is 0. The van der Waals surface area contributed by atoms with Gasteiger partial charge in [0.05, 0.1) is 12.6 Å². The molecule has 27 heavy (non-hydrogen) atoms. The summed E-state index contributed by atoms with van der Waals surface area (Å²) in [6, 6.07) is 2.75. The van der Waals surface area contributed by atoms with E-state index >= 15 is 0 Å². The van der Waals surface area contributed by atoms with Crippen molar-refractivity contribution in [2.24, 2.45) is 0 Å². The second-order valence-corrected chi connectivity index (χ2v) is 6.68. The van der Waals surface area contributed by atoms with Gasteiger partial charge < -0.3 is 14.6 Å². The highest BCUT2D eigenvalue weighted by molar-refractivity contribution is 6.30. The number of nitrogens with one attached hydrogen (secondary N) is 1. The van der Waals surface area contributed by atoms with E-state index in [-0.39, 0.29) is 23.5 Å². The smallest absolute Gasteiger partial charge is 0.340 e. The van der Waals surface area contributed by atoms with E-state index in [1.165, 1.54) is 6.20 Å². The third-order valence-corrected chi connectivity index (χ3v) is 4.78. The highest BCUT2D eigenvalue weighted by atomic mass is 35.5. The number of H-pyrrole nitrogens is 1. The number of alkyl halides is 4. The van der Waals surface area contributed by atoms with E-state index in [4.69, 9.17) is 16.3 Å². The molecule has 1 aliphatic heterocycles. The van der Waals surface area contributed by atoms with Crippen molar-refractivity contribution in [3.63, 3.8) is 0 Å². The van der Waals surface area contributed by atoms with Gasteiger partial charge in [-0.2, -0.15) is 8.78 Å². The molecule has 0 fully saturated rings. The zero-order valence-electron chi connectivity index (χ0n) is 14.4. The molecule has 3 rings (SSSR count). The molecule has 1 atom stereocenters. The number of ether oxygens (including phenoxy) is 1. The molecule has 2 aromatic rings. The van der Waals surface area contributed by atoms with Crippen LogP contribution in [0.2, 0.25) is 5.15 Å². The van der Waals surface area contributed by atoms with Gasteiger partial charge in [-0.3, -0.25) is 4.79 Å². The number of hydrogen-bond acceptors (Lipinski definition) is 3. The molecule has 0 saturated heterocycles. The molecule has 3 heterocycles. The van der Waals surface area contributed by atoms with Crippen molar-refractivity contribution in [1.82, 2.24) is 14.9 Å². The van der Waals surface area contributed by atoms with Crippen molar-refractivity contribution >= 4 is 17.5 Å². The van der Waals surface area contributed by atoms with Crippen LogP contribution in [0, 0.1) is 6.92 Å². The summed E-state index contributed by atoms with van der Waals surface area (Å²) in [5.74, 6) is -4.53. The van der Waals surface area contributed by atoms with E-state index < -0.39 is 25.0 Å². The van der Waals surface area contributed by atoms with Crippen molar-refractivity contribution in [3.8, 4) is 5.88 Å². The summed E-state index contributed by atoms with van der Waals surface area (Å²) in [5, 5.41) is 0.247. The first-order chi connectivity index (χ1) is 12.6.